The van der Waals surface area contributed by atoms with Gasteiger partial charge in [0.15, 0.2) is 0 Å². The Balaban J connectivity index is 4.18. The minimum Gasteiger partial charge on any atom is -0.411 e. The maximum absolute atomic E-state index is 13.4. The molecule has 0 saturated carbocycles. The van der Waals surface area contributed by atoms with E-state index in [4.69, 9.17) is 54.1 Å². The molecule has 0 aromatic rings. The maximum atomic E-state index is 13.4. The molecular formula is C65H122N12O20. The van der Waals surface area contributed by atoms with E-state index in [1.165, 1.54) is 0 Å². The summed E-state index contributed by atoms with van der Waals surface area (Å²) in [6.07, 6.45) is 7.25. The predicted octanol–water partition coefficient (Wildman–Crippen LogP) is 0.918. The standard InChI is InChI=1S/C65H122N12O20/c1-49(61(66)84)18-9-12-23-68-57(80)45-94-38-34-92-36-40-96-47-59(82)70-26-16-28-89-30-32-91-33-31-90-29-17-27-71-60(83)48-97-41-37-93-35-39-95-46-58(81)69-24-14-11-20-53(63(86)72-25-13-10-19-50(2)62(67)85)42-55(78)21-15-22-56(79)75-54(43-73-64(5,6)51(3)76-87)44-74-65(7,8)52(4)77-88/h49-50,53-54,73-74,87-88H,9-48H2,1-8H3,(H2,66,84)(H2,67,85)(H,68,80)(H,69,81)(H,70,82)(H,71,83)(H,72,86)(H,75,79)/b76-51+,77-52+/t49-,50-,53+/m0/s1. The Labute approximate surface area is 574 Å². The molecule has 0 aliphatic carbocycles. The molecule has 0 heterocycles. The van der Waals surface area contributed by atoms with Crippen molar-refractivity contribution < 1.29 is 96.2 Å². The van der Waals surface area contributed by atoms with Crippen molar-refractivity contribution in [3.63, 3.8) is 0 Å². The van der Waals surface area contributed by atoms with E-state index < -0.39 is 23.0 Å². The molecule has 0 aromatic heterocycles. The first kappa shape index (κ1) is 90.9. The third-order valence-electron chi connectivity index (χ3n) is 15.5. The monoisotopic (exact) mass is 1390 g/mol. The zero-order chi connectivity index (χ0) is 72.4. The quantitative estimate of drug-likeness (QED) is 0.0174. The van der Waals surface area contributed by atoms with Gasteiger partial charge in [-0.1, -0.05) is 43.4 Å². The van der Waals surface area contributed by atoms with Gasteiger partial charge in [-0.2, -0.15) is 0 Å². The van der Waals surface area contributed by atoms with Gasteiger partial charge in [0.05, 0.1) is 108 Å². The average molecular weight is 1390 g/mol. The van der Waals surface area contributed by atoms with E-state index in [-0.39, 0.29) is 170 Å². The molecule has 0 aromatic carbocycles. The van der Waals surface area contributed by atoms with Crippen LogP contribution < -0.4 is 54.0 Å². The molecule has 8 amide bonds. The lowest BCUT2D eigenvalue weighted by Crippen LogP contribution is -2.57. The van der Waals surface area contributed by atoms with E-state index in [0.29, 0.717) is 155 Å². The highest BCUT2D eigenvalue weighted by atomic mass is 16.6. The molecule has 0 saturated heterocycles. The van der Waals surface area contributed by atoms with Gasteiger partial charge < -0.3 is 107 Å². The number of hydrogen-bond acceptors (Lipinski definition) is 24. The fourth-order valence-corrected chi connectivity index (χ4v) is 8.53. The second-order valence-electron chi connectivity index (χ2n) is 24.7. The van der Waals surface area contributed by atoms with Gasteiger partial charge in [0.2, 0.25) is 47.3 Å². The third-order valence-corrected chi connectivity index (χ3v) is 15.5. The number of carbonyl (C=O) groups is 9. The van der Waals surface area contributed by atoms with Gasteiger partial charge >= 0.3 is 0 Å². The summed E-state index contributed by atoms with van der Waals surface area (Å²) in [7, 11) is 0. The Morgan fingerprint density at radius 3 is 1.07 bits per heavy atom. The summed E-state index contributed by atoms with van der Waals surface area (Å²) < 4.78 is 48.9. The first-order valence-electron chi connectivity index (χ1n) is 34.2. The Morgan fingerprint density at radius 2 is 0.722 bits per heavy atom. The van der Waals surface area contributed by atoms with Crippen molar-refractivity contribution in [1.29, 1.82) is 0 Å². The molecule has 0 bridgehead atoms. The summed E-state index contributed by atoms with van der Waals surface area (Å²) in [5, 5.41) is 49.0. The molecule has 0 aliphatic heterocycles. The van der Waals surface area contributed by atoms with Crippen LogP contribution in [0.25, 0.3) is 0 Å². The number of unbranched alkanes of at least 4 members (excludes halogenated alkanes) is 3. The van der Waals surface area contributed by atoms with Crippen molar-refractivity contribution in [2.24, 2.45) is 39.5 Å². The van der Waals surface area contributed by atoms with E-state index in [1.54, 1.807) is 27.7 Å². The zero-order valence-corrected chi connectivity index (χ0v) is 59.4. The van der Waals surface area contributed by atoms with E-state index >= 15 is 0 Å². The number of ether oxygens (including phenoxy) is 9. The van der Waals surface area contributed by atoms with Gasteiger partial charge in [-0.15, -0.1) is 0 Å². The van der Waals surface area contributed by atoms with Crippen molar-refractivity contribution in [2.45, 2.75) is 169 Å². The highest BCUT2D eigenvalue weighted by molar-refractivity contribution is 5.91. The number of hydrogen-bond donors (Lipinski definition) is 12. The first-order chi connectivity index (χ1) is 46.3. The van der Waals surface area contributed by atoms with Crippen LogP contribution in [0.1, 0.15) is 152 Å². The maximum Gasteiger partial charge on any atom is 0.246 e. The average Bonchev–Trinajstić information content (AvgIpc) is 3.18. The smallest absolute Gasteiger partial charge is 0.246 e. The fraction of sp³-hybridized carbons (Fsp3) is 0.831. The summed E-state index contributed by atoms with van der Waals surface area (Å²) in [5.41, 5.74) is 10.2. The van der Waals surface area contributed by atoms with Gasteiger partial charge in [-0.05, 0) is 99.3 Å². The van der Waals surface area contributed by atoms with Crippen molar-refractivity contribution >= 4 is 64.5 Å². The van der Waals surface area contributed by atoms with Crippen LogP contribution in [0.5, 0.6) is 0 Å². The Morgan fingerprint density at radius 1 is 0.402 bits per heavy atom. The van der Waals surface area contributed by atoms with E-state index in [0.717, 1.165) is 12.8 Å². The van der Waals surface area contributed by atoms with Crippen LogP contribution >= 0.6 is 0 Å². The number of Topliss-reactive ketones (excluding diaryl/α,β-unsaturated/α-hetero) is 1. The van der Waals surface area contributed by atoms with Crippen molar-refractivity contribution in [3.05, 3.63) is 0 Å². The number of amides is 8. The number of nitrogens with two attached hydrogens (primary N) is 2. The molecule has 32 nitrogen and oxygen atoms in total. The SMILES string of the molecule is C/C(=N\O)C(C)(C)NCC(CNC(C)(C)/C(C)=N/O)NC(=O)CCCC(=O)C[C@@H](CCCCNC(=O)COCCOCCOCC(=O)NCCCOCCOCCOCCCNC(=O)COCCOCCOCC(=O)NCCCC[C@H](C)C(N)=O)C(=O)NCCCC[C@H](C)C(N)=O. The molecule has 562 valence electrons. The first-order valence-corrected chi connectivity index (χ1v) is 34.2. The van der Waals surface area contributed by atoms with Crippen LogP contribution in [-0.2, 0) is 85.8 Å². The minimum atomic E-state index is -0.683. The van der Waals surface area contributed by atoms with Gasteiger partial charge in [-0.25, -0.2) is 0 Å². The summed E-state index contributed by atoms with van der Waals surface area (Å²) in [6.45, 7) is 20.7. The molecule has 0 radical (unpaired) electrons. The highest BCUT2D eigenvalue weighted by Gasteiger charge is 2.28. The van der Waals surface area contributed by atoms with Gasteiger partial charge in [0.1, 0.15) is 32.2 Å². The third kappa shape index (κ3) is 53.6. The zero-order valence-electron chi connectivity index (χ0n) is 59.4. The molecule has 0 unspecified atom stereocenters. The van der Waals surface area contributed by atoms with E-state index in [9.17, 15) is 53.6 Å². The Kier molecular flexibility index (Phi) is 55.2. The normalized spacial score (nSPS) is 13.3. The second kappa shape index (κ2) is 58.9. The van der Waals surface area contributed by atoms with Gasteiger partial charge in [0, 0.05) is 96.0 Å². The molecule has 32 heteroatoms. The minimum absolute atomic E-state index is 0.0171. The number of rotatable bonds is 67. The van der Waals surface area contributed by atoms with Crippen LogP contribution in [0.15, 0.2) is 10.3 Å². The number of oxime groups is 2. The van der Waals surface area contributed by atoms with Crippen molar-refractivity contribution in [3.8, 4) is 0 Å². The number of primary amides is 2. The lowest BCUT2D eigenvalue weighted by molar-refractivity contribution is -0.130. The Bertz CT molecular complexity index is 2220. The fourth-order valence-electron chi connectivity index (χ4n) is 8.53. The number of carbonyl (C=O) groups excluding carboxylic acids is 9. The lowest BCUT2D eigenvalue weighted by atomic mass is 9.93. The number of ketones is 1. The topological polar surface area (TPSA) is 450 Å². The number of nitrogens with zero attached hydrogens (tertiary/aromatic N) is 2. The highest BCUT2D eigenvalue weighted by Crippen LogP contribution is 2.17. The van der Waals surface area contributed by atoms with Crippen LogP contribution in [0.4, 0.5) is 0 Å². The number of nitrogens with one attached hydrogen (secondary N) is 8. The van der Waals surface area contributed by atoms with E-state index in [2.05, 4.69) is 52.8 Å². The largest absolute Gasteiger partial charge is 0.411 e. The van der Waals surface area contributed by atoms with Gasteiger partial charge in [-0.3, -0.25) is 43.2 Å². The summed E-state index contributed by atoms with van der Waals surface area (Å²) in [5.74, 6) is -3.54. The second-order valence-corrected chi connectivity index (χ2v) is 24.7. The molecule has 0 aliphatic rings. The summed E-state index contributed by atoms with van der Waals surface area (Å²) in [4.78, 5) is 111. The van der Waals surface area contributed by atoms with Crippen LogP contribution in [-0.4, -0.2) is 257 Å². The molecular weight excluding hydrogens is 1270 g/mol. The van der Waals surface area contributed by atoms with E-state index in [1.807, 2.05) is 27.7 Å². The molecule has 97 heavy (non-hydrogen) atoms. The molecule has 14 N–H and O–H groups in total. The van der Waals surface area contributed by atoms with Crippen molar-refractivity contribution in [2.75, 3.05) is 165 Å². The summed E-state index contributed by atoms with van der Waals surface area (Å²) in [6, 6.07) is -0.434. The lowest BCUT2D eigenvalue weighted by Gasteiger charge is -2.32. The predicted molar refractivity (Wildman–Crippen MR) is 363 cm³/mol. The Hall–Kier alpha value is -6.07. The summed E-state index contributed by atoms with van der Waals surface area (Å²) >= 11 is 0. The van der Waals surface area contributed by atoms with Crippen LogP contribution in [0.3, 0.4) is 0 Å². The van der Waals surface area contributed by atoms with Gasteiger partial charge in [0.25, 0.3) is 0 Å². The molecule has 0 rings (SSSR count). The van der Waals surface area contributed by atoms with Crippen molar-refractivity contribution in [1.82, 2.24) is 42.5 Å². The van der Waals surface area contributed by atoms with Crippen LogP contribution in [0.2, 0.25) is 0 Å². The van der Waals surface area contributed by atoms with Crippen LogP contribution in [0, 0.1) is 17.8 Å². The molecule has 0 spiro atoms. The molecule has 0 fully saturated rings. The molecule has 3 atom stereocenters.